The largest absolute Gasteiger partial charge is 0.431 e. The summed E-state index contributed by atoms with van der Waals surface area (Å²) in [7, 11) is 0. The summed E-state index contributed by atoms with van der Waals surface area (Å²) in [4.78, 5) is 23.7. The number of nitrogens with zero attached hydrogens (tertiary/aromatic N) is 4. The van der Waals surface area contributed by atoms with Crippen molar-refractivity contribution in [3.63, 3.8) is 0 Å². The van der Waals surface area contributed by atoms with Crippen LogP contribution in [0.4, 0.5) is 17.2 Å². The number of pyridine rings is 1. The number of hydrogen-bond acceptors (Lipinski definition) is 7. The van der Waals surface area contributed by atoms with E-state index in [4.69, 9.17) is 4.74 Å². The van der Waals surface area contributed by atoms with Gasteiger partial charge in [-0.25, -0.2) is 4.98 Å². The molecule has 4 rings (SSSR count). The summed E-state index contributed by atoms with van der Waals surface area (Å²) in [5, 5.41) is 15.7. The highest BCUT2D eigenvalue weighted by molar-refractivity contribution is 5.84. The first-order valence-electron chi connectivity index (χ1n) is 8.88. The molecular weight excluding hydrogens is 370 g/mol. The highest BCUT2D eigenvalue weighted by Crippen LogP contribution is 2.37. The number of ether oxygens (including phenoxy) is 1. The number of aromatic nitrogens is 3. The van der Waals surface area contributed by atoms with Gasteiger partial charge in [-0.2, -0.15) is 4.98 Å². The number of nitro groups is 1. The van der Waals surface area contributed by atoms with E-state index in [0.29, 0.717) is 11.3 Å². The zero-order valence-electron chi connectivity index (χ0n) is 15.8. The molecule has 144 valence electrons. The van der Waals surface area contributed by atoms with Crippen LogP contribution >= 0.6 is 0 Å². The first-order valence-corrected chi connectivity index (χ1v) is 8.88. The molecule has 0 spiro atoms. The molecule has 2 aromatic heterocycles. The monoisotopic (exact) mass is 387 g/mol. The number of fused-ring (bicyclic) bond motifs is 1. The first kappa shape index (κ1) is 18.3. The quantitative estimate of drug-likeness (QED) is 0.376. The van der Waals surface area contributed by atoms with E-state index in [2.05, 4.69) is 20.3 Å². The van der Waals surface area contributed by atoms with Crippen molar-refractivity contribution in [2.24, 2.45) is 0 Å². The third kappa shape index (κ3) is 3.68. The van der Waals surface area contributed by atoms with E-state index >= 15 is 0 Å². The van der Waals surface area contributed by atoms with E-state index in [1.807, 2.05) is 50.2 Å². The van der Waals surface area contributed by atoms with Gasteiger partial charge in [-0.3, -0.25) is 15.1 Å². The van der Waals surface area contributed by atoms with Gasteiger partial charge in [0, 0.05) is 17.3 Å². The zero-order chi connectivity index (χ0) is 20.4. The molecule has 0 aliphatic heterocycles. The molecule has 0 aliphatic rings. The van der Waals surface area contributed by atoms with Crippen molar-refractivity contribution in [1.82, 2.24) is 15.0 Å². The molecule has 8 heteroatoms. The van der Waals surface area contributed by atoms with Crippen molar-refractivity contribution < 1.29 is 9.66 Å². The van der Waals surface area contributed by atoms with Gasteiger partial charge >= 0.3 is 11.6 Å². The fourth-order valence-electron chi connectivity index (χ4n) is 2.95. The Morgan fingerprint density at radius 3 is 2.69 bits per heavy atom. The molecule has 0 radical (unpaired) electrons. The average molecular weight is 387 g/mol. The minimum atomic E-state index is -0.554. The number of benzene rings is 2. The van der Waals surface area contributed by atoms with Crippen LogP contribution in [-0.4, -0.2) is 19.9 Å². The summed E-state index contributed by atoms with van der Waals surface area (Å²) >= 11 is 0. The van der Waals surface area contributed by atoms with E-state index in [1.54, 1.807) is 18.3 Å². The van der Waals surface area contributed by atoms with Crippen molar-refractivity contribution in [2.75, 3.05) is 5.32 Å². The second-order valence-corrected chi connectivity index (χ2v) is 6.51. The third-order valence-corrected chi connectivity index (χ3v) is 4.42. The van der Waals surface area contributed by atoms with E-state index in [0.717, 1.165) is 22.2 Å². The predicted molar refractivity (Wildman–Crippen MR) is 110 cm³/mol. The molecule has 29 heavy (non-hydrogen) atoms. The van der Waals surface area contributed by atoms with Crippen molar-refractivity contribution in [3.8, 4) is 11.6 Å². The predicted octanol–water partition coefficient (Wildman–Crippen LogP) is 5.09. The van der Waals surface area contributed by atoms with Gasteiger partial charge < -0.3 is 10.1 Å². The number of anilines is 2. The van der Waals surface area contributed by atoms with Crippen LogP contribution in [0.15, 0.2) is 61.1 Å². The Kier molecular flexibility index (Phi) is 4.74. The van der Waals surface area contributed by atoms with Crippen LogP contribution in [0, 0.1) is 24.0 Å². The number of hydrogen-bond donors (Lipinski definition) is 1. The highest BCUT2D eigenvalue weighted by Gasteiger charge is 2.26. The van der Waals surface area contributed by atoms with Crippen LogP contribution in [0.3, 0.4) is 0 Å². The van der Waals surface area contributed by atoms with Crippen LogP contribution in [-0.2, 0) is 0 Å². The molecule has 0 saturated carbocycles. The lowest BCUT2D eigenvalue weighted by Gasteiger charge is -2.12. The van der Waals surface area contributed by atoms with E-state index in [-0.39, 0.29) is 17.4 Å². The van der Waals surface area contributed by atoms with Crippen LogP contribution in [0.5, 0.6) is 11.6 Å². The molecule has 4 aromatic rings. The van der Waals surface area contributed by atoms with E-state index in [1.165, 1.54) is 6.33 Å². The Labute approximate surface area is 166 Å². The SMILES string of the molecule is Cc1ccc(C)c(Nc2ncnc(Oc3cccc4cccnc34)c2[N+](=O)[O-])c1. The summed E-state index contributed by atoms with van der Waals surface area (Å²) in [6.45, 7) is 3.86. The van der Waals surface area contributed by atoms with Gasteiger partial charge in [0.2, 0.25) is 5.82 Å². The van der Waals surface area contributed by atoms with Crippen molar-refractivity contribution >= 4 is 28.1 Å². The zero-order valence-corrected chi connectivity index (χ0v) is 15.8. The number of para-hydroxylation sites is 1. The van der Waals surface area contributed by atoms with Gasteiger partial charge in [0.1, 0.15) is 11.8 Å². The van der Waals surface area contributed by atoms with Crippen LogP contribution in [0.25, 0.3) is 10.9 Å². The standard InChI is InChI=1S/C21H17N5O3/c1-13-8-9-14(2)16(11-13)25-20-19(26(27)28)21(24-12-23-20)29-17-7-3-5-15-6-4-10-22-18(15)17/h3-12H,1-2H3,(H,23,24,25). The Balaban J connectivity index is 1.77. The molecule has 0 fully saturated rings. The van der Waals surface area contributed by atoms with Crippen LogP contribution in [0.2, 0.25) is 0 Å². The van der Waals surface area contributed by atoms with Crippen molar-refractivity contribution in [2.45, 2.75) is 13.8 Å². The summed E-state index contributed by atoms with van der Waals surface area (Å²) < 4.78 is 5.82. The van der Waals surface area contributed by atoms with E-state index in [9.17, 15) is 10.1 Å². The second-order valence-electron chi connectivity index (χ2n) is 6.51. The van der Waals surface area contributed by atoms with Crippen molar-refractivity contribution in [1.29, 1.82) is 0 Å². The maximum absolute atomic E-state index is 11.8. The average Bonchev–Trinajstić information content (AvgIpc) is 2.71. The lowest BCUT2D eigenvalue weighted by molar-refractivity contribution is -0.385. The number of aryl methyl sites for hydroxylation is 2. The fourth-order valence-corrected chi connectivity index (χ4v) is 2.95. The molecular formula is C21H17N5O3. The molecule has 2 heterocycles. The third-order valence-electron chi connectivity index (χ3n) is 4.42. The second kappa shape index (κ2) is 7.51. The molecule has 0 bridgehead atoms. The summed E-state index contributed by atoms with van der Waals surface area (Å²) in [6.07, 6.45) is 2.87. The molecule has 0 amide bonds. The molecule has 2 aromatic carbocycles. The fraction of sp³-hybridized carbons (Fsp3) is 0.0952. The van der Waals surface area contributed by atoms with Gasteiger partial charge in [-0.15, -0.1) is 0 Å². The number of rotatable bonds is 5. The number of nitrogens with one attached hydrogen (secondary N) is 1. The Morgan fingerprint density at radius 2 is 1.86 bits per heavy atom. The van der Waals surface area contributed by atoms with Crippen LogP contribution < -0.4 is 10.1 Å². The van der Waals surface area contributed by atoms with Gasteiger partial charge in [0.25, 0.3) is 0 Å². The van der Waals surface area contributed by atoms with Gasteiger partial charge in [0.15, 0.2) is 5.75 Å². The normalized spacial score (nSPS) is 10.7. The summed E-state index contributed by atoms with van der Waals surface area (Å²) in [6, 6.07) is 14.9. The van der Waals surface area contributed by atoms with E-state index < -0.39 is 4.92 Å². The maximum Gasteiger partial charge on any atom is 0.373 e. The topological polar surface area (TPSA) is 103 Å². The summed E-state index contributed by atoms with van der Waals surface area (Å²) in [5.41, 5.74) is 2.93. The summed E-state index contributed by atoms with van der Waals surface area (Å²) in [5.74, 6) is 0.278. The highest BCUT2D eigenvalue weighted by atomic mass is 16.6. The van der Waals surface area contributed by atoms with Gasteiger partial charge in [0.05, 0.1) is 4.92 Å². The van der Waals surface area contributed by atoms with Gasteiger partial charge in [-0.1, -0.05) is 30.3 Å². The molecule has 0 unspecified atom stereocenters. The Morgan fingerprint density at radius 1 is 1.03 bits per heavy atom. The molecule has 0 saturated heterocycles. The molecule has 1 N–H and O–H groups in total. The van der Waals surface area contributed by atoms with Crippen LogP contribution in [0.1, 0.15) is 11.1 Å². The Bertz CT molecular complexity index is 1220. The molecule has 0 aliphatic carbocycles. The molecule has 0 atom stereocenters. The lowest BCUT2D eigenvalue weighted by Crippen LogP contribution is -2.04. The van der Waals surface area contributed by atoms with Gasteiger partial charge in [-0.05, 0) is 43.2 Å². The molecule has 8 nitrogen and oxygen atoms in total. The minimum Gasteiger partial charge on any atom is -0.431 e. The minimum absolute atomic E-state index is 0.0573. The first-order chi connectivity index (χ1) is 14.0. The maximum atomic E-state index is 11.8. The smallest absolute Gasteiger partial charge is 0.373 e. The Hall–Kier alpha value is -4.07. The van der Waals surface area contributed by atoms with Crippen molar-refractivity contribution in [3.05, 3.63) is 82.3 Å². The lowest BCUT2D eigenvalue weighted by atomic mass is 10.1.